The van der Waals surface area contributed by atoms with E-state index in [-0.39, 0.29) is 34.4 Å². The maximum absolute atomic E-state index is 12.7. The first kappa shape index (κ1) is 21.6. The van der Waals surface area contributed by atoms with Crippen molar-refractivity contribution in [2.75, 3.05) is 20.8 Å². The monoisotopic (exact) mass is 354 g/mol. The molecular weight excluding hydrogens is 330 g/mol. The van der Waals surface area contributed by atoms with Crippen molar-refractivity contribution in [2.45, 2.75) is 19.8 Å². The van der Waals surface area contributed by atoms with Crippen molar-refractivity contribution in [2.24, 2.45) is 0 Å². The SMILES string of the molecule is CCCCOc1ccc(PC(=O)c2c(OC)cccc2OC)cc1.[H-].[Li+]. The van der Waals surface area contributed by atoms with Crippen molar-refractivity contribution in [1.82, 2.24) is 0 Å². The Morgan fingerprint density at radius 1 is 1.04 bits per heavy atom. The quantitative estimate of drug-likeness (QED) is 0.385. The molecule has 6 heteroatoms. The summed E-state index contributed by atoms with van der Waals surface area (Å²) in [6.07, 6.45) is 2.14. The summed E-state index contributed by atoms with van der Waals surface area (Å²) in [5, 5.41) is 0.954. The Bertz CT molecular complexity index is 657. The van der Waals surface area contributed by atoms with E-state index in [9.17, 15) is 4.79 Å². The predicted molar refractivity (Wildman–Crippen MR) is 99.8 cm³/mol. The van der Waals surface area contributed by atoms with Crippen molar-refractivity contribution >= 4 is 19.4 Å². The summed E-state index contributed by atoms with van der Waals surface area (Å²) in [7, 11) is 3.10. The van der Waals surface area contributed by atoms with E-state index >= 15 is 0 Å². The molecule has 0 aliphatic rings. The summed E-state index contributed by atoms with van der Waals surface area (Å²) in [6.45, 7) is 2.85. The Morgan fingerprint density at radius 3 is 2.16 bits per heavy atom. The summed E-state index contributed by atoms with van der Waals surface area (Å²) >= 11 is 0. The van der Waals surface area contributed by atoms with E-state index in [0.29, 0.717) is 17.1 Å². The van der Waals surface area contributed by atoms with E-state index in [1.165, 1.54) is 0 Å². The third-order valence-electron chi connectivity index (χ3n) is 3.53. The predicted octanol–water partition coefficient (Wildman–Crippen LogP) is 1.14. The second-order valence-electron chi connectivity index (χ2n) is 5.22. The van der Waals surface area contributed by atoms with Crippen LogP contribution in [0.2, 0.25) is 0 Å². The number of unbranched alkanes of at least 4 members (excludes halogenated alkanes) is 1. The molecule has 1 atom stereocenters. The summed E-state index contributed by atoms with van der Waals surface area (Å²) in [6, 6.07) is 13.0. The molecule has 25 heavy (non-hydrogen) atoms. The average Bonchev–Trinajstić information content (AvgIpc) is 2.62. The van der Waals surface area contributed by atoms with Crippen LogP contribution in [0.15, 0.2) is 42.5 Å². The van der Waals surface area contributed by atoms with Crippen LogP contribution in [0.5, 0.6) is 17.2 Å². The van der Waals surface area contributed by atoms with Crippen LogP contribution in [0.3, 0.4) is 0 Å². The third kappa shape index (κ3) is 6.08. The normalized spacial score (nSPS) is 10.4. The number of carbonyl (C=O) groups is 1. The smallest absolute Gasteiger partial charge is 1.00 e. The molecule has 0 bridgehead atoms. The molecule has 0 aromatic heterocycles. The van der Waals surface area contributed by atoms with E-state index in [0.717, 1.165) is 30.5 Å². The van der Waals surface area contributed by atoms with Crippen molar-refractivity contribution in [1.29, 1.82) is 0 Å². The van der Waals surface area contributed by atoms with Crippen LogP contribution in [0.4, 0.5) is 0 Å². The van der Waals surface area contributed by atoms with Gasteiger partial charge in [-0.1, -0.05) is 31.5 Å². The van der Waals surface area contributed by atoms with E-state index < -0.39 is 0 Å². The zero-order valence-electron chi connectivity index (χ0n) is 16.3. The number of hydrogen-bond donors (Lipinski definition) is 0. The zero-order valence-corrected chi connectivity index (χ0v) is 16.3. The van der Waals surface area contributed by atoms with Crippen molar-refractivity contribution in [3.8, 4) is 17.2 Å². The molecule has 0 saturated carbocycles. The van der Waals surface area contributed by atoms with Gasteiger partial charge in [0.25, 0.3) is 0 Å². The van der Waals surface area contributed by atoms with Gasteiger partial charge in [0, 0.05) is 0 Å². The molecule has 2 aromatic rings. The maximum atomic E-state index is 12.7. The Morgan fingerprint density at radius 2 is 1.64 bits per heavy atom. The van der Waals surface area contributed by atoms with Gasteiger partial charge in [-0.2, -0.15) is 0 Å². The maximum Gasteiger partial charge on any atom is 1.00 e. The molecule has 0 fully saturated rings. The molecule has 0 aliphatic carbocycles. The number of carbonyl (C=O) groups excluding carboxylic acids is 1. The molecule has 0 heterocycles. The van der Waals surface area contributed by atoms with E-state index in [2.05, 4.69) is 6.92 Å². The summed E-state index contributed by atoms with van der Waals surface area (Å²) < 4.78 is 16.3. The minimum atomic E-state index is -0.0102. The van der Waals surface area contributed by atoms with Crippen LogP contribution in [0.25, 0.3) is 0 Å². The number of ether oxygens (including phenoxy) is 3. The Hall–Kier alpha value is -1.46. The molecule has 4 nitrogen and oxygen atoms in total. The van der Waals surface area contributed by atoms with Gasteiger partial charge in [0.2, 0.25) is 0 Å². The van der Waals surface area contributed by atoms with Crippen molar-refractivity contribution in [3.63, 3.8) is 0 Å². The van der Waals surface area contributed by atoms with Gasteiger partial charge in [0.05, 0.1) is 20.8 Å². The molecule has 0 saturated heterocycles. The Kier molecular flexibility index (Phi) is 9.68. The third-order valence-corrected chi connectivity index (χ3v) is 4.63. The van der Waals surface area contributed by atoms with Gasteiger partial charge < -0.3 is 15.6 Å². The standard InChI is InChI=1S/C19H23O4P.Li.H/c1-4-5-13-23-14-9-11-15(12-10-14)24-19(20)18-16(21-2)7-6-8-17(18)22-3;;/h6-12,24H,4-5,13H2,1-3H3;;/q;+1;-1. The molecule has 0 amide bonds. The molecule has 0 radical (unpaired) electrons. The first-order chi connectivity index (χ1) is 11.7. The second-order valence-corrected chi connectivity index (χ2v) is 6.50. The van der Waals surface area contributed by atoms with E-state index in [1.54, 1.807) is 32.4 Å². The van der Waals surface area contributed by atoms with Gasteiger partial charge >= 0.3 is 18.9 Å². The molecule has 0 N–H and O–H groups in total. The fourth-order valence-corrected chi connectivity index (χ4v) is 3.20. The van der Waals surface area contributed by atoms with Crippen LogP contribution in [0, 0.1) is 0 Å². The molecular formula is C19H24LiO4P. The second kappa shape index (κ2) is 11.2. The van der Waals surface area contributed by atoms with Gasteiger partial charge in [-0.05, 0) is 44.6 Å². The topological polar surface area (TPSA) is 44.8 Å². The largest absolute Gasteiger partial charge is 1.00 e. The first-order valence-electron chi connectivity index (χ1n) is 7.94. The van der Waals surface area contributed by atoms with Crippen LogP contribution in [0.1, 0.15) is 31.6 Å². The summed E-state index contributed by atoms with van der Waals surface area (Å²) in [4.78, 5) is 12.7. The molecule has 0 spiro atoms. The van der Waals surface area contributed by atoms with E-state index in [1.807, 2.05) is 24.3 Å². The van der Waals surface area contributed by atoms with Crippen LogP contribution in [-0.2, 0) is 0 Å². The Labute approximate surface area is 164 Å². The van der Waals surface area contributed by atoms with Crippen LogP contribution < -0.4 is 38.4 Å². The van der Waals surface area contributed by atoms with Gasteiger partial charge in [0.1, 0.15) is 22.8 Å². The number of hydrogen-bond acceptors (Lipinski definition) is 4. The number of benzene rings is 2. The molecule has 0 aliphatic heterocycles. The molecule has 130 valence electrons. The summed E-state index contributed by atoms with van der Waals surface area (Å²) in [5.41, 5.74) is 0.480. The average molecular weight is 354 g/mol. The van der Waals surface area contributed by atoms with E-state index in [4.69, 9.17) is 14.2 Å². The van der Waals surface area contributed by atoms with Crippen LogP contribution >= 0.6 is 8.58 Å². The fraction of sp³-hybridized carbons (Fsp3) is 0.316. The fourth-order valence-electron chi connectivity index (χ4n) is 2.24. The number of rotatable bonds is 9. The van der Waals surface area contributed by atoms with Crippen molar-refractivity contribution in [3.05, 3.63) is 48.0 Å². The number of methoxy groups -OCH3 is 2. The van der Waals surface area contributed by atoms with Gasteiger partial charge in [-0.15, -0.1) is 0 Å². The van der Waals surface area contributed by atoms with Gasteiger partial charge in [-0.25, -0.2) is 0 Å². The molecule has 2 aromatic carbocycles. The van der Waals surface area contributed by atoms with Gasteiger partial charge in [0.15, 0.2) is 5.52 Å². The first-order valence-corrected chi connectivity index (χ1v) is 8.94. The zero-order chi connectivity index (χ0) is 17.4. The minimum absolute atomic E-state index is 0. The van der Waals surface area contributed by atoms with Crippen LogP contribution in [-0.4, -0.2) is 26.4 Å². The Balaban J connectivity index is 0.00000312. The molecule has 2 rings (SSSR count). The molecule has 1 unspecified atom stereocenters. The van der Waals surface area contributed by atoms with Crippen molar-refractivity contribution < 1.29 is 39.3 Å². The minimum Gasteiger partial charge on any atom is -1.00 e. The van der Waals surface area contributed by atoms with Gasteiger partial charge in [-0.3, -0.25) is 4.79 Å². The summed E-state index contributed by atoms with van der Waals surface area (Å²) in [5.74, 6) is 1.90.